The summed E-state index contributed by atoms with van der Waals surface area (Å²) >= 11 is 0. The highest BCUT2D eigenvalue weighted by Gasteiger charge is 2.36. The zero-order valence-electron chi connectivity index (χ0n) is 15.1. The average molecular weight is 350 g/mol. The zero-order valence-corrected chi connectivity index (χ0v) is 15.1. The second kappa shape index (κ2) is 6.63. The first kappa shape index (κ1) is 17.7. The second-order valence-corrected chi connectivity index (χ2v) is 6.71. The van der Waals surface area contributed by atoms with Gasteiger partial charge in [0.05, 0.1) is 12.0 Å². The van der Waals surface area contributed by atoms with E-state index in [1.54, 1.807) is 7.05 Å². The SMILES string of the molecule is CC(=O)Nc1ccc(-c2cccc(C3(C)CC(=O)N(C)C(N)=N3)c2)cc1. The van der Waals surface area contributed by atoms with Gasteiger partial charge in [0, 0.05) is 19.7 Å². The first-order chi connectivity index (χ1) is 12.3. The van der Waals surface area contributed by atoms with Crippen LogP contribution in [-0.4, -0.2) is 29.7 Å². The molecule has 0 bridgehead atoms. The van der Waals surface area contributed by atoms with Gasteiger partial charge >= 0.3 is 0 Å². The molecule has 0 aliphatic carbocycles. The maximum atomic E-state index is 12.2. The van der Waals surface area contributed by atoms with Crippen molar-refractivity contribution in [2.75, 3.05) is 12.4 Å². The molecule has 0 spiro atoms. The number of anilines is 1. The molecule has 6 heteroatoms. The summed E-state index contributed by atoms with van der Waals surface area (Å²) in [6.07, 6.45) is 0.273. The van der Waals surface area contributed by atoms with Gasteiger partial charge in [-0.05, 0) is 41.8 Å². The van der Waals surface area contributed by atoms with Crippen molar-refractivity contribution < 1.29 is 9.59 Å². The van der Waals surface area contributed by atoms with Crippen LogP contribution in [0.25, 0.3) is 11.1 Å². The fraction of sp³-hybridized carbons (Fsp3) is 0.250. The summed E-state index contributed by atoms with van der Waals surface area (Å²) < 4.78 is 0. The second-order valence-electron chi connectivity index (χ2n) is 6.71. The molecule has 3 rings (SSSR count). The number of nitrogens with one attached hydrogen (secondary N) is 1. The third-order valence-electron chi connectivity index (χ3n) is 4.60. The van der Waals surface area contributed by atoms with Gasteiger partial charge in [-0.25, -0.2) is 4.99 Å². The molecule has 6 nitrogen and oxygen atoms in total. The van der Waals surface area contributed by atoms with Crippen molar-refractivity contribution in [2.24, 2.45) is 10.7 Å². The lowest BCUT2D eigenvalue weighted by Gasteiger charge is -2.33. The predicted molar refractivity (Wildman–Crippen MR) is 103 cm³/mol. The van der Waals surface area contributed by atoms with Crippen LogP contribution in [0, 0.1) is 0 Å². The number of carbonyl (C=O) groups is 2. The minimum absolute atomic E-state index is 0.0509. The van der Waals surface area contributed by atoms with Gasteiger partial charge < -0.3 is 11.1 Å². The molecule has 2 aromatic carbocycles. The van der Waals surface area contributed by atoms with Crippen LogP contribution in [0.15, 0.2) is 53.5 Å². The molecule has 1 heterocycles. The fourth-order valence-corrected chi connectivity index (χ4v) is 3.06. The van der Waals surface area contributed by atoms with E-state index >= 15 is 0 Å². The highest BCUT2D eigenvalue weighted by molar-refractivity contribution is 5.98. The topological polar surface area (TPSA) is 87.8 Å². The Balaban J connectivity index is 1.94. The van der Waals surface area contributed by atoms with Gasteiger partial charge in [0.1, 0.15) is 0 Å². The van der Waals surface area contributed by atoms with Crippen molar-refractivity contribution in [3.8, 4) is 11.1 Å². The minimum atomic E-state index is -0.681. The van der Waals surface area contributed by atoms with E-state index in [1.165, 1.54) is 11.8 Å². The van der Waals surface area contributed by atoms with Crippen molar-refractivity contribution in [3.63, 3.8) is 0 Å². The minimum Gasteiger partial charge on any atom is -0.369 e. The Kier molecular flexibility index (Phi) is 4.50. The molecule has 0 saturated heterocycles. The average Bonchev–Trinajstić information content (AvgIpc) is 2.60. The number of rotatable bonds is 3. The van der Waals surface area contributed by atoms with Crippen LogP contribution in [0.1, 0.15) is 25.8 Å². The maximum absolute atomic E-state index is 12.2. The Labute approximate surface area is 152 Å². The zero-order chi connectivity index (χ0) is 18.9. The third-order valence-corrected chi connectivity index (χ3v) is 4.60. The van der Waals surface area contributed by atoms with Gasteiger partial charge in [-0.15, -0.1) is 0 Å². The van der Waals surface area contributed by atoms with E-state index in [0.717, 1.165) is 22.4 Å². The molecule has 1 atom stereocenters. The lowest BCUT2D eigenvalue weighted by Crippen LogP contribution is -2.47. The summed E-state index contributed by atoms with van der Waals surface area (Å²) in [5.41, 5.74) is 8.94. The van der Waals surface area contributed by atoms with E-state index in [2.05, 4.69) is 10.3 Å². The van der Waals surface area contributed by atoms with Crippen molar-refractivity contribution >= 4 is 23.5 Å². The fourth-order valence-electron chi connectivity index (χ4n) is 3.06. The normalized spacial score (nSPS) is 19.9. The number of aliphatic imine (C=N–C) groups is 1. The molecular formula is C20H22N4O2. The van der Waals surface area contributed by atoms with E-state index in [0.29, 0.717) is 0 Å². The first-order valence-corrected chi connectivity index (χ1v) is 8.39. The predicted octanol–water partition coefficient (Wildman–Crippen LogP) is 2.70. The van der Waals surface area contributed by atoms with E-state index in [-0.39, 0.29) is 24.2 Å². The van der Waals surface area contributed by atoms with Gasteiger partial charge in [0.2, 0.25) is 11.8 Å². The van der Waals surface area contributed by atoms with Gasteiger partial charge in [0.15, 0.2) is 5.96 Å². The number of amides is 2. The molecule has 0 radical (unpaired) electrons. The van der Waals surface area contributed by atoms with E-state index in [1.807, 2.05) is 55.5 Å². The monoisotopic (exact) mass is 350 g/mol. The van der Waals surface area contributed by atoms with Crippen LogP contribution in [0.4, 0.5) is 5.69 Å². The van der Waals surface area contributed by atoms with Crippen LogP contribution < -0.4 is 11.1 Å². The molecule has 2 amide bonds. The standard InChI is InChI=1S/C20H22N4O2/c1-13(25)22-17-9-7-14(8-10-17)15-5-4-6-16(11-15)20(2)12-18(26)24(3)19(21)23-20/h4-11H,12H2,1-3H3,(H2,21,23)(H,22,25). The van der Waals surface area contributed by atoms with Crippen LogP contribution in [0.3, 0.4) is 0 Å². The highest BCUT2D eigenvalue weighted by Crippen LogP contribution is 2.35. The highest BCUT2D eigenvalue weighted by atomic mass is 16.2. The summed E-state index contributed by atoms with van der Waals surface area (Å²) in [5.74, 6) is 0.0777. The Morgan fingerprint density at radius 3 is 2.50 bits per heavy atom. The van der Waals surface area contributed by atoms with Crippen molar-refractivity contribution in [2.45, 2.75) is 25.8 Å². The van der Waals surface area contributed by atoms with Crippen molar-refractivity contribution in [1.82, 2.24) is 4.90 Å². The van der Waals surface area contributed by atoms with Gasteiger partial charge in [-0.3, -0.25) is 14.5 Å². The Bertz CT molecular complexity index is 889. The Morgan fingerprint density at radius 1 is 1.19 bits per heavy atom. The van der Waals surface area contributed by atoms with Crippen LogP contribution in [-0.2, 0) is 15.1 Å². The smallest absolute Gasteiger partial charge is 0.231 e. The summed E-state index contributed by atoms with van der Waals surface area (Å²) in [5, 5.41) is 2.75. The van der Waals surface area contributed by atoms with E-state index < -0.39 is 5.54 Å². The molecule has 0 aromatic heterocycles. The summed E-state index contributed by atoms with van der Waals surface area (Å²) in [6.45, 7) is 3.40. The molecule has 1 aliphatic rings. The van der Waals surface area contributed by atoms with Crippen LogP contribution >= 0.6 is 0 Å². The number of carbonyl (C=O) groups excluding carboxylic acids is 2. The first-order valence-electron chi connectivity index (χ1n) is 8.39. The number of nitrogens with two attached hydrogens (primary N) is 1. The molecule has 134 valence electrons. The van der Waals surface area contributed by atoms with Gasteiger partial charge in [0.25, 0.3) is 0 Å². The molecule has 1 unspecified atom stereocenters. The number of benzene rings is 2. The number of hydrogen-bond acceptors (Lipinski definition) is 4. The maximum Gasteiger partial charge on any atom is 0.231 e. The largest absolute Gasteiger partial charge is 0.369 e. The molecule has 0 saturated carbocycles. The Morgan fingerprint density at radius 2 is 1.88 bits per heavy atom. The summed E-state index contributed by atoms with van der Waals surface area (Å²) in [4.78, 5) is 29.3. The molecule has 26 heavy (non-hydrogen) atoms. The molecular weight excluding hydrogens is 328 g/mol. The number of nitrogens with zero attached hydrogens (tertiary/aromatic N) is 2. The summed E-state index contributed by atoms with van der Waals surface area (Å²) in [7, 11) is 1.63. The van der Waals surface area contributed by atoms with E-state index in [9.17, 15) is 9.59 Å². The number of hydrogen-bond donors (Lipinski definition) is 2. The number of guanidine groups is 1. The van der Waals surface area contributed by atoms with Crippen molar-refractivity contribution in [1.29, 1.82) is 0 Å². The van der Waals surface area contributed by atoms with E-state index in [4.69, 9.17) is 5.73 Å². The lowest BCUT2D eigenvalue weighted by atomic mass is 9.86. The van der Waals surface area contributed by atoms with Crippen LogP contribution in [0.5, 0.6) is 0 Å². The third kappa shape index (κ3) is 3.44. The molecule has 3 N–H and O–H groups in total. The molecule has 1 aliphatic heterocycles. The van der Waals surface area contributed by atoms with Crippen molar-refractivity contribution in [3.05, 3.63) is 54.1 Å². The van der Waals surface area contributed by atoms with Crippen LogP contribution in [0.2, 0.25) is 0 Å². The summed E-state index contributed by atoms with van der Waals surface area (Å²) in [6, 6.07) is 15.6. The van der Waals surface area contributed by atoms with Gasteiger partial charge in [-0.1, -0.05) is 30.3 Å². The molecule has 2 aromatic rings. The molecule has 0 fully saturated rings. The lowest BCUT2D eigenvalue weighted by molar-refractivity contribution is -0.128. The van der Waals surface area contributed by atoms with Gasteiger partial charge in [-0.2, -0.15) is 0 Å². The Hall–Kier alpha value is -3.15. The quantitative estimate of drug-likeness (QED) is 0.892.